The molecule has 20 heavy (non-hydrogen) atoms. The van der Waals surface area contributed by atoms with Crippen LogP contribution in [0.5, 0.6) is 5.75 Å². The average Bonchev–Trinajstić information content (AvgIpc) is 2.81. The lowest BCUT2D eigenvalue weighted by atomic mass is 10.1. The van der Waals surface area contributed by atoms with Crippen molar-refractivity contribution in [3.63, 3.8) is 0 Å². The van der Waals surface area contributed by atoms with Crippen molar-refractivity contribution in [2.24, 2.45) is 5.73 Å². The van der Waals surface area contributed by atoms with Crippen LogP contribution in [0.3, 0.4) is 0 Å². The molecule has 2 aromatic rings. The molecule has 0 spiro atoms. The Morgan fingerprint density at radius 1 is 1.40 bits per heavy atom. The molecule has 0 saturated carbocycles. The molecule has 0 radical (unpaired) electrons. The number of rotatable bonds is 4. The molecule has 1 amide bonds. The molecule has 4 N–H and O–H groups in total. The molecule has 6 heteroatoms. The first-order chi connectivity index (χ1) is 9.43. The van der Waals surface area contributed by atoms with Gasteiger partial charge in [0, 0.05) is 12.1 Å². The summed E-state index contributed by atoms with van der Waals surface area (Å²) in [6.45, 7) is 3.89. The fourth-order valence-electron chi connectivity index (χ4n) is 1.66. The van der Waals surface area contributed by atoms with Crippen LogP contribution in [-0.2, 0) is 0 Å². The summed E-state index contributed by atoms with van der Waals surface area (Å²) >= 11 is 0. The molecule has 106 valence electrons. The summed E-state index contributed by atoms with van der Waals surface area (Å²) in [5.41, 5.74) is 5.75. The molecule has 6 nitrogen and oxygen atoms in total. The number of aromatic hydroxyl groups is 1. The molecule has 0 fully saturated rings. The van der Waals surface area contributed by atoms with E-state index in [0.29, 0.717) is 6.54 Å². The monoisotopic (exact) mass is 274 g/mol. The number of benzene rings is 1. The zero-order valence-electron chi connectivity index (χ0n) is 11.5. The fourth-order valence-corrected chi connectivity index (χ4v) is 1.66. The SMILES string of the molecule is CC(C)(CN)NC(=O)c1nn(-c2ccccc2)cc1O. The highest BCUT2D eigenvalue weighted by Crippen LogP contribution is 2.18. The van der Waals surface area contributed by atoms with Crippen molar-refractivity contribution < 1.29 is 9.90 Å². The Labute approximate surface area is 117 Å². The summed E-state index contributed by atoms with van der Waals surface area (Å²) in [6.07, 6.45) is 1.40. The van der Waals surface area contributed by atoms with Crippen molar-refractivity contribution in [1.82, 2.24) is 15.1 Å². The van der Waals surface area contributed by atoms with Crippen LogP contribution in [0, 0.1) is 0 Å². The van der Waals surface area contributed by atoms with Crippen LogP contribution in [0.4, 0.5) is 0 Å². The van der Waals surface area contributed by atoms with Gasteiger partial charge in [-0.25, -0.2) is 4.68 Å². The standard InChI is InChI=1S/C14H18N4O2/c1-14(2,9-15)16-13(20)12-11(19)8-18(17-12)10-6-4-3-5-7-10/h3-8,19H,9,15H2,1-2H3,(H,16,20). The maximum Gasteiger partial charge on any atom is 0.276 e. The number of hydrogen-bond donors (Lipinski definition) is 3. The second-order valence-corrected chi connectivity index (χ2v) is 5.19. The first-order valence-electron chi connectivity index (χ1n) is 6.29. The number of carbonyl (C=O) groups excluding carboxylic acids is 1. The predicted octanol–water partition coefficient (Wildman–Crippen LogP) is 1.04. The lowest BCUT2D eigenvalue weighted by Crippen LogP contribution is -2.49. The first kappa shape index (κ1) is 14.1. The zero-order chi connectivity index (χ0) is 14.8. The Hall–Kier alpha value is -2.34. The number of para-hydroxylation sites is 1. The van der Waals surface area contributed by atoms with E-state index in [-0.39, 0.29) is 11.4 Å². The fraction of sp³-hybridized carbons (Fsp3) is 0.286. The Bertz CT molecular complexity index is 605. The van der Waals surface area contributed by atoms with E-state index in [9.17, 15) is 9.90 Å². The normalized spacial score (nSPS) is 11.3. The van der Waals surface area contributed by atoms with Crippen LogP contribution < -0.4 is 11.1 Å². The van der Waals surface area contributed by atoms with Crippen LogP contribution >= 0.6 is 0 Å². The molecule has 1 aromatic heterocycles. The van der Waals surface area contributed by atoms with E-state index in [1.54, 1.807) is 13.8 Å². The molecule has 0 aliphatic rings. The number of carbonyl (C=O) groups is 1. The third kappa shape index (κ3) is 2.97. The van der Waals surface area contributed by atoms with Crippen molar-refractivity contribution >= 4 is 5.91 Å². The molecule has 1 heterocycles. The van der Waals surface area contributed by atoms with Gasteiger partial charge >= 0.3 is 0 Å². The number of hydrogen-bond acceptors (Lipinski definition) is 4. The van der Waals surface area contributed by atoms with Crippen molar-refractivity contribution in [1.29, 1.82) is 0 Å². The zero-order valence-corrected chi connectivity index (χ0v) is 11.5. The van der Waals surface area contributed by atoms with Gasteiger partial charge in [-0.15, -0.1) is 0 Å². The number of nitrogens with one attached hydrogen (secondary N) is 1. The third-order valence-electron chi connectivity index (χ3n) is 2.89. The van der Waals surface area contributed by atoms with Gasteiger partial charge in [0.15, 0.2) is 11.4 Å². The number of nitrogens with zero attached hydrogens (tertiary/aromatic N) is 2. The Morgan fingerprint density at radius 2 is 2.05 bits per heavy atom. The van der Waals surface area contributed by atoms with Gasteiger partial charge in [-0.05, 0) is 26.0 Å². The van der Waals surface area contributed by atoms with Gasteiger partial charge in [0.1, 0.15) is 0 Å². The average molecular weight is 274 g/mol. The van der Waals surface area contributed by atoms with E-state index in [1.807, 2.05) is 30.3 Å². The van der Waals surface area contributed by atoms with E-state index >= 15 is 0 Å². The Kier molecular flexibility index (Phi) is 3.76. The van der Waals surface area contributed by atoms with E-state index in [1.165, 1.54) is 10.9 Å². The quantitative estimate of drug-likeness (QED) is 0.776. The molecular formula is C14H18N4O2. The van der Waals surface area contributed by atoms with Gasteiger partial charge < -0.3 is 16.2 Å². The summed E-state index contributed by atoms with van der Waals surface area (Å²) < 4.78 is 1.46. The second kappa shape index (κ2) is 5.34. The van der Waals surface area contributed by atoms with Gasteiger partial charge in [-0.2, -0.15) is 5.10 Å². The lowest BCUT2D eigenvalue weighted by Gasteiger charge is -2.23. The summed E-state index contributed by atoms with van der Waals surface area (Å²) in [6, 6.07) is 9.25. The number of amides is 1. The van der Waals surface area contributed by atoms with E-state index in [2.05, 4.69) is 10.4 Å². The minimum absolute atomic E-state index is 0.0182. The van der Waals surface area contributed by atoms with Crippen molar-refractivity contribution in [3.8, 4) is 11.4 Å². The van der Waals surface area contributed by atoms with Gasteiger partial charge in [0.25, 0.3) is 5.91 Å². The van der Waals surface area contributed by atoms with Crippen LogP contribution in [-0.4, -0.2) is 32.9 Å². The molecule has 0 saturated heterocycles. The van der Waals surface area contributed by atoms with Crippen LogP contribution in [0.1, 0.15) is 24.3 Å². The van der Waals surface area contributed by atoms with Gasteiger partial charge in [0.05, 0.1) is 11.9 Å². The van der Waals surface area contributed by atoms with Crippen LogP contribution in [0.15, 0.2) is 36.5 Å². The predicted molar refractivity (Wildman–Crippen MR) is 75.8 cm³/mol. The first-order valence-corrected chi connectivity index (χ1v) is 6.29. The van der Waals surface area contributed by atoms with Crippen LogP contribution in [0.25, 0.3) is 5.69 Å². The lowest BCUT2D eigenvalue weighted by molar-refractivity contribution is 0.0907. The summed E-state index contributed by atoms with van der Waals surface area (Å²) in [4.78, 5) is 12.1. The summed E-state index contributed by atoms with van der Waals surface area (Å²) in [5, 5.41) is 16.7. The van der Waals surface area contributed by atoms with Crippen molar-refractivity contribution in [2.75, 3.05) is 6.54 Å². The van der Waals surface area contributed by atoms with E-state index in [0.717, 1.165) is 5.69 Å². The molecule has 2 rings (SSSR count). The third-order valence-corrected chi connectivity index (χ3v) is 2.89. The maximum absolute atomic E-state index is 12.1. The molecular weight excluding hydrogens is 256 g/mol. The summed E-state index contributed by atoms with van der Waals surface area (Å²) in [7, 11) is 0. The smallest absolute Gasteiger partial charge is 0.276 e. The minimum atomic E-state index is -0.556. The Morgan fingerprint density at radius 3 is 2.65 bits per heavy atom. The van der Waals surface area contributed by atoms with Gasteiger partial charge in [-0.1, -0.05) is 18.2 Å². The molecule has 0 atom stereocenters. The van der Waals surface area contributed by atoms with Crippen molar-refractivity contribution in [2.45, 2.75) is 19.4 Å². The second-order valence-electron chi connectivity index (χ2n) is 5.19. The van der Waals surface area contributed by atoms with E-state index < -0.39 is 11.4 Å². The summed E-state index contributed by atoms with van der Waals surface area (Å²) in [5.74, 6) is -0.619. The largest absolute Gasteiger partial charge is 0.504 e. The van der Waals surface area contributed by atoms with Gasteiger partial charge in [0.2, 0.25) is 0 Å². The number of nitrogens with two attached hydrogens (primary N) is 1. The molecule has 0 aliphatic heterocycles. The number of aromatic nitrogens is 2. The highest BCUT2D eigenvalue weighted by molar-refractivity contribution is 5.95. The molecule has 0 aliphatic carbocycles. The minimum Gasteiger partial charge on any atom is -0.504 e. The topological polar surface area (TPSA) is 93.2 Å². The Balaban J connectivity index is 2.26. The highest BCUT2D eigenvalue weighted by Gasteiger charge is 2.23. The molecule has 0 bridgehead atoms. The van der Waals surface area contributed by atoms with Crippen molar-refractivity contribution in [3.05, 3.63) is 42.2 Å². The van der Waals surface area contributed by atoms with Crippen LogP contribution in [0.2, 0.25) is 0 Å². The van der Waals surface area contributed by atoms with Gasteiger partial charge in [-0.3, -0.25) is 4.79 Å². The molecule has 1 aromatic carbocycles. The van der Waals surface area contributed by atoms with E-state index in [4.69, 9.17) is 5.73 Å². The maximum atomic E-state index is 12.1. The highest BCUT2D eigenvalue weighted by atomic mass is 16.3. The molecule has 0 unspecified atom stereocenters.